The van der Waals surface area contributed by atoms with Crippen LogP contribution in [-0.4, -0.2) is 60.3 Å². The summed E-state index contributed by atoms with van der Waals surface area (Å²) < 4.78 is 5.41. The zero-order valence-corrected chi connectivity index (χ0v) is 15.4. The first-order valence-electron chi connectivity index (χ1n) is 8.58. The molecule has 1 aromatic carbocycles. The van der Waals surface area contributed by atoms with Crippen molar-refractivity contribution in [3.8, 4) is 5.75 Å². The van der Waals surface area contributed by atoms with Crippen LogP contribution >= 0.6 is 23.2 Å². The number of benzene rings is 1. The molecular weight excluding hydrogens is 381 g/mol. The molecule has 3 heterocycles. The molecule has 0 unspecified atom stereocenters. The number of phenolic OH excluding ortho intramolecular Hbond substituents is 1. The number of amides is 2. The Morgan fingerprint density at radius 1 is 1.38 bits per heavy atom. The number of hydrogen-bond donors (Lipinski definition) is 3. The Labute approximate surface area is 160 Å². The van der Waals surface area contributed by atoms with Gasteiger partial charge in [-0.05, 0) is 18.6 Å². The zero-order valence-electron chi connectivity index (χ0n) is 13.9. The number of carbonyl (C=O) groups is 2. The van der Waals surface area contributed by atoms with E-state index in [0.29, 0.717) is 41.7 Å². The second-order valence-corrected chi connectivity index (χ2v) is 7.75. The molecule has 0 saturated carbocycles. The summed E-state index contributed by atoms with van der Waals surface area (Å²) in [5.41, 5.74) is 0.560. The third-order valence-electron chi connectivity index (χ3n) is 5.41. The summed E-state index contributed by atoms with van der Waals surface area (Å²) in [6.45, 7) is 2.04. The summed E-state index contributed by atoms with van der Waals surface area (Å²) in [5.74, 6) is -0.0977. The topological polar surface area (TPSA) is 90.9 Å². The van der Waals surface area contributed by atoms with Crippen molar-refractivity contribution in [3.63, 3.8) is 0 Å². The van der Waals surface area contributed by atoms with Gasteiger partial charge in [-0.2, -0.15) is 0 Å². The Morgan fingerprint density at radius 3 is 2.85 bits per heavy atom. The molecule has 3 N–H and O–H groups in total. The van der Waals surface area contributed by atoms with Gasteiger partial charge in [0.1, 0.15) is 11.9 Å². The first kappa shape index (κ1) is 17.7. The quantitative estimate of drug-likeness (QED) is 0.716. The predicted octanol–water partition coefficient (Wildman–Crippen LogP) is 1.71. The van der Waals surface area contributed by atoms with Gasteiger partial charge in [-0.15, -0.1) is 0 Å². The Balaban J connectivity index is 1.46. The van der Waals surface area contributed by atoms with Gasteiger partial charge in [-0.1, -0.05) is 23.2 Å². The highest BCUT2D eigenvalue weighted by Gasteiger charge is 2.49. The SMILES string of the molecule is O=C(NC[C@@H]1OC(=O)N2C[C@@H](c3c(O)ccc(Cl)c3Cl)C[C@@H]12)C1CNC1. The molecule has 1 aromatic rings. The molecule has 3 fully saturated rings. The highest BCUT2D eigenvalue weighted by atomic mass is 35.5. The molecule has 4 rings (SSSR count). The van der Waals surface area contributed by atoms with Crippen molar-refractivity contribution in [1.29, 1.82) is 0 Å². The van der Waals surface area contributed by atoms with Crippen LogP contribution in [0.2, 0.25) is 10.0 Å². The van der Waals surface area contributed by atoms with Crippen molar-refractivity contribution < 1.29 is 19.4 Å². The standard InChI is InChI=1S/C17H19Cl2N3O4/c18-10-1-2-12(23)14(15(10)19)8-3-11-13(26-17(25)22(11)7-8)6-21-16(24)9-4-20-5-9/h1-2,8-9,11,13,20,23H,3-7H2,(H,21,24)/t8-,11-,13-/m0/s1. The number of ether oxygens (including phenoxy) is 1. The number of aromatic hydroxyl groups is 1. The van der Waals surface area contributed by atoms with Crippen molar-refractivity contribution in [3.05, 3.63) is 27.7 Å². The third kappa shape index (κ3) is 2.98. The minimum Gasteiger partial charge on any atom is -0.508 e. The van der Waals surface area contributed by atoms with Gasteiger partial charge >= 0.3 is 6.09 Å². The van der Waals surface area contributed by atoms with Crippen molar-refractivity contribution >= 4 is 35.2 Å². The average Bonchev–Trinajstić information content (AvgIpc) is 3.09. The summed E-state index contributed by atoms with van der Waals surface area (Å²) in [6, 6.07) is 2.89. The second kappa shape index (κ2) is 6.79. The fourth-order valence-electron chi connectivity index (χ4n) is 3.86. The number of rotatable bonds is 4. The van der Waals surface area contributed by atoms with Crippen LogP contribution in [0.4, 0.5) is 4.79 Å². The number of carbonyl (C=O) groups excluding carboxylic acids is 2. The molecular formula is C17H19Cl2N3O4. The maximum absolute atomic E-state index is 12.2. The lowest BCUT2D eigenvalue weighted by molar-refractivity contribution is -0.126. The van der Waals surface area contributed by atoms with Crippen LogP contribution in [0, 0.1) is 5.92 Å². The van der Waals surface area contributed by atoms with E-state index in [1.165, 1.54) is 6.07 Å². The minimum atomic E-state index is -0.412. The van der Waals surface area contributed by atoms with Crippen LogP contribution in [0.5, 0.6) is 5.75 Å². The monoisotopic (exact) mass is 399 g/mol. The van der Waals surface area contributed by atoms with E-state index >= 15 is 0 Å². The largest absolute Gasteiger partial charge is 0.508 e. The average molecular weight is 400 g/mol. The molecule has 3 saturated heterocycles. The number of hydrogen-bond acceptors (Lipinski definition) is 5. The summed E-state index contributed by atoms with van der Waals surface area (Å²) in [6.07, 6.45) is -0.227. The number of phenols is 1. The Bertz CT molecular complexity index is 756. The van der Waals surface area contributed by atoms with Crippen LogP contribution in [0.15, 0.2) is 12.1 Å². The number of cyclic esters (lactones) is 1. The molecule has 9 heteroatoms. The molecule has 0 aliphatic carbocycles. The lowest BCUT2D eigenvalue weighted by atomic mass is 9.93. The normalized spacial score (nSPS) is 27.8. The van der Waals surface area contributed by atoms with Gasteiger partial charge in [0, 0.05) is 31.1 Å². The fourth-order valence-corrected chi connectivity index (χ4v) is 4.33. The van der Waals surface area contributed by atoms with Crippen LogP contribution in [0.1, 0.15) is 17.9 Å². The van der Waals surface area contributed by atoms with Gasteiger partial charge in [0.15, 0.2) is 0 Å². The summed E-state index contributed by atoms with van der Waals surface area (Å²) in [7, 11) is 0. The maximum Gasteiger partial charge on any atom is 0.410 e. The van der Waals surface area contributed by atoms with Gasteiger partial charge in [0.05, 0.1) is 28.5 Å². The van der Waals surface area contributed by atoms with E-state index in [1.54, 1.807) is 11.0 Å². The fraction of sp³-hybridized carbons (Fsp3) is 0.529. The van der Waals surface area contributed by atoms with Gasteiger partial charge in [0.2, 0.25) is 5.91 Å². The van der Waals surface area contributed by atoms with Gasteiger partial charge in [-0.25, -0.2) is 4.79 Å². The molecule has 0 spiro atoms. The molecule has 3 atom stereocenters. The van der Waals surface area contributed by atoms with E-state index in [2.05, 4.69) is 10.6 Å². The number of nitrogens with one attached hydrogen (secondary N) is 2. The van der Waals surface area contributed by atoms with E-state index in [0.717, 1.165) is 0 Å². The van der Waals surface area contributed by atoms with Gasteiger partial charge < -0.3 is 25.4 Å². The van der Waals surface area contributed by atoms with Crippen LogP contribution in [0.3, 0.4) is 0 Å². The van der Waals surface area contributed by atoms with E-state index in [-0.39, 0.29) is 36.1 Å². The van der Waals surface area contributed by atoms with Crippen molar-refractivity contribution in [1.82, 2.24) is 15.5 Å². The molecule has 26 heavy (non-hydrogen) atoms. The number of fused-ring (bicyclic) bond motifs is 1. The van der Waals surface area contributed by atoms with Crippen molar-refractivity contribution in [2.75, 3.05) is 26.2 Å². The van der Waals surface area contributed by atoms with Crippen LogP contribution < -0.4 is 10.6 Å². The van der Waals surface area contributed by atoms with E-state index in [4.69, 9.17) is 27.9 Å². The lowest BCUT2D eigenvalue weighted by Gasteiger charge is -2.26. The highest BCUT2D eigenvalue weighted by Crippen LogP contribution is 2.45. The molecule has 3 aliphatic heterocycles. The predicted molar refractivity (Wildman–Crippen MR) is 95.6 cm³/mol. The maximum atomic E-state index is 12.2. The van der Waals surface area contributed by atoms with Crippen LogP contribution in [0.25, 0.3) is 0 Å². The molecule has 3 aliphatic rings. The first-order chi connectivity index (χ1) is 12.5. The minimum absolute atomic E-state index is 0.0123. The van der Waals surface area contributed by atoms with E-state index in [9.17, 15) is 14.7 Å². The zero-order chi connectivity index (χ0) is 18.4. The Hall–Kier alpha value is -1.70. The summed E-state index contributed by atoms with van der Waals surface area (Å²) in [4.78, 5) is 25.8. The smallest absolute Gasteiger partial charge is 0.410 e. The molecule has 0 aromatic heterocycles. The number of nitrogens with zero attached hydrogens (tertiary/aromatic N) is 1. The molecule has 0 radical (unpaired) electrons. The first-order valence-corrected chi connectivity index (χ1v) is 9.34. The van der Waals surface area contributed by atoms with E-state index < -0.39 is 12.2 Å². The molecule has 0 bridgehead atoms. The second-order valence-electron chi connectivity index (χ2n) is 6.97. The highest BCUT2D eigenvalue weighted by molar-refractivity contribution is 6.42. The van der Waals surface area contributed by atoms with Gasteiger partial charge in [0.25, 0.3) is 0 Å². The van der Waals surface area contributed by atoms with E-state index in [1.807, 2.05) is 0 Å². The number of halogens is 2. The lowest BCUT2D eigenvalue weighted by Crippen LogP contribution is -2.52. The Kier molecular flexibility index (Phi) is 4.62. The summed E-state index contributed by atoms with van der Waals surface area (Å²) in [5, 5.41) is 16.8. The van der Waals surface area contributed by atoms with Crippen LogP contribution in [-0.2, 0) is 9.53 Å². The molecule has 2 amide bonds. The van der Waals surface area contributed by atoms with Crippen molar-refractivity contribution in [2.24, 2.45) is 5.92 Å². The van der Waals surface area contributed by atoms with Gasteiger partial charge in [-0.3, -0.25) is 4.79 Å². The Morgan fingerprint density at radius 2 is 2.15 bits per heavy atom. The van der Waals surface area contributed by atoms with Crippen molar-refractivity contribution in [2.45, 2.75) is 24.5 Å². The summed E-state index contributed by atoms with van der Waals surface area (Å²) >= 11 is 12.4. The molecule has 7 nitrogen and oxygen atoms in total. The molecule has 140 valence electrons. The third-order valence-corrected chi connectivity index (χ3v) is 6.23.